The van der Waals surface area contributed by atoms with Gasteiger partial charge in [-0.1, -0.05) is 26.2 Å². The molecule has 0 aliphatic rings. The van der Waals surface area contributed by atoms with E-state index in [4.69, 9.17) is 21.6 Å². The first-order chi connectivity index (χ1) is 8.57. The Balaban J connectivity index is 3.48. The molecule has 6 heteroatoms. The SMILES string of the molecule is CCCCCCOC(=O)[C@@H](N)CCCNC(=N)N. The predicted octanol–water partition coefficient (Wildman–Crippen LogP) is 0.700. The van der Waals surface area contributed by atoms with E-state index in [0.717, 1.165) is 19.3 Å². The van der Waals surface area contributed by atoms with Gasteiger partial charge in [-0.2, -0.15) is 0 Å². The van der Waals surface area contributed by atoms with Gasteiger partial charge in [0.1, 0.15) is 6.04 Å². The second kappa shape index (κ2) is 10.8. The third kappa shape index (κ3) is 9.89. The molecule has 0 amide bonds. The largest absolute Gasteiger partial charge is 0.465 e. The van der Waals surface area contributed by atoms with Crippen LogP contribution in [-0.2, 0) is 9.53 Å². The molecule has 6 nitrogen and oxygen atoms in total. The normalized spacial score (nSPS) is 11.9. The summed E-state index contributed by atoms with van der Waals surface area (Å²) in [6.45, 7) is 3.14. The number of rotatable bonds is 10. The molecule has 0 saturated heterocycles. The molecule has 0 saturated carbocycles. The van der Waals surface area contributed by atoms with Gasteiger partial charge in [-0.3, -0.25) is 10.2 Å². The smallest absolute Gasteiger partial charge is 0.322 e. The lowest BCUT2D eigenvalue weighted by atomic mass is 10.1. The van der Waals surface area contributed by atoms with Gasteiger partial charge >= 0.3 is 5.97 Å². The number of carbonyl (C=O) groups is 1. The van der Waals surface area contributed by atoms with Crippen molar-refractivity contribution in [3.05, 3.63) is 0 Å². The Morgan fingerprint density at radius 3 is 2.67 bits per heavy atom. The average Bonchev–Trinajstić information content (AvgIpc) is 2.33. The summed E-state index contributed by atoms with van der Waals surface area (Å²) in [7, 11) is 0. The summed E-state index contributed by atoms with van der Waals surface area (Å²) in [4.78, 5) is 11.5. The van der Waals surface area contributed by atoms with Crippen LogP contribution in [0.5, 0.6) is 0 Å². The maximum atomic E-state index is 11.5. The average molecular weight is 258 g/mol. The van der Waals surface area contributed by atoms with E-state index in [0.29, 0.717) is 26.0 Å². The van der Waals surface area contributed by atoms with Crippen molar-refractivity contribution in [2.75, 3.05) is 13.2 Å². The minimum Gasteiger partial charge on any atom is -0.465 e. The Morgan fingerprint density at radius 2 is 2.06 bits per heavy atom. The zero-order valence-electron chi connectivity index (χ0n) is 11.2. The third-order valence-corrected chi connectivity index (χ3v) is 2.55. The molecule has 0 bridgehead atoms. The standard InChI is InChI=1S/C12H26N4O2/c1-2-3-4-5-9-18-11(17)10(13)7-6-8-16-12(14)15/h10H,2-9,13H2,1H3,(H4,14,15,16)/t10-/m0/s1. The molecule has 0 aromatic rings. The quantitative estimate of drug-likeness (QED) is 0.199. The maximum Gasteiger partial charge on any atom is 0.322 e. The summed E-state index contributed by atoms with van der Waals surface area (Å²) in [6.07, 6.45) is 5.54. The Kier molecular flexibility index (Phi) is 10.0. The van der Waals surface area contributed by atoms with Gasteiger partial charge in [0.05, 0.1) is 6.61 Å². The van der Waals surface area contributed by atoms with E-state index < -0.39 is 6.04 Å². The molecule has 0 aromatic heterocycles. The van der Waals surface area contributed by atoms with E-state index in [1.54, 1.807) is 0 Å². The molecule has 0 fully saturated rings. The van der Waals surface area contributed by atoms with Crippen molar-refractivity contribution in [3.8, 4) is 0 Å². The molecule has 1 atom stereocenters. The molecule has 0 aliphatic heterocycles. The summed E-state index contributed by atoms with van der Waals surface area (Å²) in [6, 6.07) is -0.579. The van der Waals surface area contributed by atoms with Gasteiger partial charge in [-0.05, 0) is 19.3 Å². The number of nitrogens with two attached hydrogens (primary N) is 2. The Hall–Kier alpha value is -1.30. The highest BCUT2D eigenvalue weighted by Crippen LogP contribution is 2.01. The highest BCUT2D eigenvalue weighted by atomic mass is 16.5. The van der Waals surface area contributed by atoms with Crippen LogP contribution in [0.1, 0.15) is 45.4 Å². The van der Waals surface area contributed by atoms with Crippen molar-refractivity contribution in [2.45, 2.75) is 51.5 Å². The molecular weight excluding hydrogens is 232 g/mol. The van der Waals surface area contributed by atoms with Crippen LogP contribution in [0.15, 0.2) is 0 Å². The fourth-order valence-electron chi connectivity index (χ4n) is 1.47. The number of hydrogen-bond acceptors (Lipinski definition) is 4. The molecule has 18 heavy (non-hydrogen) atoms. The van der Waals surface area contributed by atoms with Crippen LogP contribution < -0.4 is 16.8 Å². The van der Waals surface area contributed by atoms with Crippen LogP contribution in [0.3, 0.4) is 0 Å². The minimum absolute atomic E-state index is 0.0675. The summed E-state index contributed by atoms with van der Waals surface area (Å²) < 4.78 is 5.08. The molecule has 0 unspecified atom stereocenters. The fraction of sp³-hybridized carbons (Fsp3) is 0.833. The van der Waals surface area contributed by atoms with E-state index in [1.807, 2.05) is 0 Å². The van der Waals surface area contributed by atoms with Crippen molar-refractivity contribution < 1.29 is 9.53 Å². The van der Waals surface area contributed by atoms with Gasteiger partial charge in [0.2, 0.25) is 0 Å². The number of guanidine groups is 1. The van der Waals surface area contributed by atoms with E-state index in [-0.39, 0.29) is 11.9 Å². The van der Waals surface area contributed by atoms with Gasteiger partial charge in [0.15, 0.2) is 5.96 Å². The molecule has 0 aliphatic carbocycles. The van der Waals surface area contributed by atoms with Gasteiger partial charge < -0.3 is 21.5 Å². The lowest BCUT2D eigenvalue weighted by Gasteiger charge is -2.11. The van der Waals surface area contributed by atoms with Crippen molar-refractivity contribution in [3.63, 3.8) is 0 Å². The molecule has 0 spiro atoms. The van der Waals surface area contributed by atoms with Gasteiger partial charge in [-0.25, -0.2) is 0 Å². The first kappa shape index (κ1) is 16.7. The van der Waals surface area contributed by atoms with Crippen molar-refractivity contribution in [1.82, 2.24) is 5.32 Å². The number of ether oxygens (including phenoxy) is 1. The Labute approximate surface area is 109 Å². The highest BCUT2D eigenvalue weighted by molar-refractivity contribution is 5.75. The summed E-state index contributed by atoms with van der Waals surface area (Å²) in [5.74, 6) is -0.406. The van der Waals surface area contributed by atoms with Gasteiger partial charge in [0, 0.05) is 6.54 Å². The van der Waals surface area contributed by atoms with Crippen LogP contribution in [-0.4, -0.2) is 31.1 Å². The van der Waals surface area contributed by atoms with Crippen molar-refractivity contribution >= 4 is 11.9 Å². The molecule has 6 N–H and O–H groups in total. The predicted molar refractivity (Wildman–Crippen MR) is 72.2 cm³/mol. The number of hydrogen-bond donors (Lipinski definition) is 4. The number of esters is 1. The monoisotopic (exact) mass is 258 g/mol. The van der Waals surface area contributed by atoms with Crippen LogP contribution in [0.25, 0.3) is 0 Å². The summed E-state index contributed by atoms with van der Waals surface area (Å²) in [5, 5.41) is 9.61. The molecule has 0 heterocycles. The van der Waals surface area contributed by atoms with Gasteiger partial charge in [0.25, 0.3) is 0 Å². The Bertz CT molecular complexity index is 246. The topological polar surface area (TPSA) is 114 Å². The minimum atomic E-state index is -0.579. The first-order valence-corrected chi connectivity index (χ1v) is 6.58. The maximum absolute atomic E-state index is 11.5. The van der Waals surface area contributed by atoms with Crippen molar-refractivity contribution in [1.29, 1.82) is 5.41 Å². The van der Waals surface area contributed by atoms with Crippen LogP contribution >= 0.6 is 0 Å². The lowest BCUT2D eigenvalue weighted by Crippen LogP contribution is -2.35. The molecular formula is C12H26N4O2. The molecule has 0 rings (SSSR count). The summed E-state index contributed by atoms with van der Waals surface area (Å²) in [5.41, 5.74) is 10.8. The summed E-state index contributed by atoms with van der Waals surface area (Å²) >= 11 is 0. The highest BCUT2D eigenvalue weighted by Gasteiger charge is 2.13. The fourth-order valence-corrected chi connectivity index (χ4v) is 1.47. The molecule has 106 valence electrons. The zero-order valence-corrected chi connectivity index (χ0v) is 11.2. The number of carbonyl (C=O) groups excluding carboxylic acids is 1. The second-order valence-corrected chi connectivity index (χ2v) is 4.32. The third-order valence-electron chi connectivity index (χ3n) is 2.55. The zero-order chi connectivity index (χ0) is 13.8. The van der Waals surface area contributed by atoms with E-state index in [2.05, 4.69) is 12.2 Å². The molecule has 0 radical (unpaired) electrons. The van der Waals surface area contributed by atoms with E-state index in [1.165, 1.54) is 6.42 Å². The van der Waals surface area contributed by atoms with Gasteiger partial charge in [-0.15, -0.1) is 0 Å². The van der Waals surface area contributed by atoms with Crippen LogP contribution in [0.4, 0.5) is 0 Å². The van der Waals surface area contributed by atoms with Crippen LogP contribution in [0, 0.1) is 5.41 Å². The Morgan fingerprint density at radius 1 is 1.33 bits per heavy atom. The van der Waals surface area contributed by atoms with E-state index >= 15 is 0 Å². The lowest BCUT2D eigenvalue weighted by molar-refractivity contribution is -0.145. The van der Waals surface area contributed by atoms with Crippen LogP contribution in [0.2, 0.25) is 0 Å². The second-order valence-electron chi connectivity index (χ2n) is 4.32. The van der Waals surface area contributed by atoms with Crippen molar-refractivity contribution in [2.24, 2.45) is 11.5 Å². The molecule has 0 aromatic carbocycles. The van der Waals surface area contributed by atoms with E-state index in [9.17, 15) is 4.79 Å². The first-order valence-electron chi connectivity index (χ1n) is 6.58. The number of unbranched alkanes of at least 4 members (excludes halogenated alkanes) is 3. The number of nitrogens with one attached hydrogen (secondary N) is 2.